The van der Waals surface area contributed by atoms with Gasteiger partial charge in [-0.1, -0.05) is 54.5 Å². The molecule has 0 aliphatic carbocycles. The highest BCUT2D eigenvalue weighted by atomic mass is 16.3. The number of nitrogens with zero attached hydrogens (tertiary/aromatic N) is 1. The van der Waals surface area contributed by atoms with Crippen LogP contribution in [0.15, 0.2) is 89.9 Å². The Morgan fingerprint density at radius 3 is 2.00 bits per heavy atom. The molecule has 1 N–H and O–H groups in total. The van der Waals surface area contributed by atoms with Crippen LogP contribution in [0.3, 0.4) is 0 Å². The third-order valence-corrected chi connectivity index (χ3v) is 3.24. The first-order valence-corrected chi connectivity index (χ1v) is 7.31. The molecule has 0 spiro atoms. The second-order valence-electron chi connectivity index (χ2n) is 4.96. The first-order chi connectivity index (χ1) is 11.3. The predicted molar refractivity (Wildman–Crippen MR) is 94.1 cm³/mol. The number of rotatable bonds is 2. The zero-order valence-corrected chi connectivity index (χ0v) is 12.5. The van der Waals surface area contributed by atoms with Gasteiger partial charge in [0.25, 0.3) is 0 Å². The van der Waals surface area contributed by atoms with E-state index >= 15 is 0 Å². The largest absolute Gasteiger partial charge is 0.508 e. The molecule has 0 aromatic heterocycles. The average Bonchev–Trinajstić information content (AvgIpc) is 2.62. The van der Waals surface area contributed by atoms with Gasteiger partial charge in [-0.05, 0) is 42.3 Å². The van der Waals surface area contributed by atoms with Crippen molar-refractivity contribution >= 4 is 11.4 Å². The second-order valence-corrected chi connectivity index (χ2v) is 4.96. The van der Waals surface area contributed by atoms with E-state index in [0.29, 0.717) is 5.71 Å². The number of aliphatic imine (C=N–C) groups is 1. The van der Waals surface area contributed by atoms with Gasteiger partial charge in [0.1, 0.15) is 11.5 Å². The maximum atomic E-state index is 9.38. The number of phenols is 1. The third kappa shape index (κ3) is 4.09. The summed E-state index contributed by atoms with van der Waals surface area (Å²) < 4.78 is 0. The van der Waals surface area contributed by atoms with Gasteiger partial charge < -0.3 is 5.11 Å². The van der Waals surface area contributed by atoms with Gasteiger partial charge in [-0.15, -0.1) is 0 Å². The van der Waals surface area contributed by atoms with Gasteiger partial charge in [0.2, 0.25) is 0 Å². The Bertz CT molecular complexity index is 854. The fraction of sp³-hybridized carbons (Fsp3) is 0. The van der Waals surface area contributed by atoms with Gasteiger partial charge in [0.05, 0.1) is 5.69 Å². The van der Waals surface area contributed by atoms with Gasteiger partial charge in [0, 0.05) is 11.1 Å². The Labute approximate surface area is 135 Å². The summed E-state index contributed by atoms with van der Waals surface area (Å²) in [6, 6.07) is 26.5. The van der Waals surface area contributed by atoms with E-state index in [1.54, 1.807) is 24.3 Å². The summed E-state index contributed by atoms with van der Waals surface area (Å²) in [6.07, 6.45) is 0. The van der Waals surface area contributed by atoms with Crippen LogP contribution in [0.1, 0.15) is 11.1 Å². The maximum Gasteiger partial charge on any atom is 0.121 e. The topological polar surface area (TPSA) is 32.6 Å². The van der Waals surface area contributed by atoms with E-state index in [4.69, 9.17) is 0 Å². The van der Waals surface area contributed by atoms with Crippen LogP contribution >= 0.6 is 0 Å². The molecule has 0 aliphatic rings. The van der Waals surface area contributed by atoms with Crippen molar-refractivity contribution in [1.82, 2.24) is 0 Å². The van der Waals surface area contributed by atoms with Crippen molar-refractivity contribution in [1.29, 1.82) is 0 Å². The quantitative estimate of drug-likeness (QED) is 0.545. The molecular weight excluding hydrogens is 282 g/mol. The zero-order chi connectivity index (χ0) is 15.9. The predicted octanol–water partition coefficient (Wildman–Crippen LogP) is 4.56. The second kappa shape index (κ2) is 7.11. The minimum absolute atomic E-state index is 0.223. The van der Waals surface area contributed by atoms with Gasteiger partial charge in [-0.2, -0.15) is 0 Å². The Kier molecular flexibility index (Phi) is 4.52. The summed E-state index contributed by atoms with van der Waals surface area (Å²) in [5, 5.41) is 9.38. The van der Waals surface area contributed by atoms with Crippen molar-refractivity contribution in [3.05, 3.63) is 96.1 Å². The molecular formula is C21H15NO. The molecule has 110 valence electrons. The molecule has 0 aliphatic heterocycles. The number of aromatic hydroxyl groups is 1. The first kappa shape index (κ1) is 14.6. The Hall–Kier alpha value is -3.31. The Morgan fingerprint density at radius 1 is 0.739 bits per heavy atom. The van der Waals surface area contributed by atoms with Crippen LogP contribution in [0.5, 0.6) is 5.75 Å². The Balaban J connectivity index is 2.01. The molecule has 0 saturated carbocycles. The van der Waals surface area contributed by atoms with Crippen molar-refractivity contribution in [2.24, 2.45) is 4.99 Å². The minimum atomic E-state index is 0.223. The summed E-state index contributed by atoms with van der Waals surface area (Å²) in [4.78, 5) is 4.62. The van der Waals surface area contributed by atoms with E-state index in [1.165, 1.54) is 0 Å². The van der Waals surface area contributed by atoms with Crippen molar-refractivity contribution in [3.63, 3.8) is 0 Å². The smallest absolute Gasteiger partial charge is 0.121 e. The van der Waals surface area contributed by atoms with Crippen molar-refractivity contribution in [3.8, 4) is 17.6 Å². The highest BCUT2D eigenvalue weighted by molar-refractivity contribution is 6.14. The van der Waals surface area contributed by atoms with E-state index in [1.807, 2.05) is 60.7 Å². The average molecular weight is 297 g/mol. The molecule has 3 rings (SSSR count). The zero-order valence-electron chi connectivity index (χ0n) is 12.5. The van der Waals surface area contributed by atoms with Crippen LogP contribution in [0.4, 0.5) is 5.69 Å². The molecule has 0 radical (unpaired) electrons. The molecule has 0 unspecified atom stereocenters. The van der Waals surface area contributed by atoms with E-state index in [0.717, 1.165) is 16.8 Å². The lowest BCUT2D eigenvalue weighted by molar-refractivity contribution is 0.475. The molecule has 0 saturated heterocycles. The fourth-order valence-corrected chi connectivity index (χ4v) is 2.07. The standard InChI is InChI=1S/C21H15NO/c23-20-14-12-19(13-15-20)22-21(18-9-5-2-6-10-18)16-11-17-7-3-1-4-8-17/h1-10,12-15,23H. The summed E-state index contributed by atoms with van der Waals surface area (Å²) in [5.74, 6) is 6.52. The SMILES string of the molecule is Oc1ccc(N=C(C#Cc2ccccc2)c2ccccc2)cc1. The number of hydrogen-bond acceptors (Lipinski definition) is 2. The van der Waals surface area contributed by atoms with Crippen LogP contribution in [-0.2, 0) is 0 Å². The van der Waals surface area contributed by atoms with Crippen LogP contribution in [0.2, 0.25) is 0 Å². The first-order valence-electron chi connectivity index (χ1n) is 7.31. The van der Waals surface area contributed by atoms with E-state index in [-0.39, 0.29) is 5.75 Å². The molecule has 0 atom stereocenters. The highest BCUT2D eigenvalue weighted by Crippen LogP contribution is 2.18. The van der Waals surface area contributed by atoms with Crippen LogP contribution < -0.4 is 0 Å². The van der Waals surface area contributed by atoms with E-state index in [9.17, 15) is 5.11 Å². The summed E-state index contributed by atoms with van der Waals surface area (Å²) in [5.41, 5.74) is 3.36. The number of benzene rings is 3. The molecule has 0 fully saturated rings. The van der Waals surface area contributed by atoms with Gasteiger partial charge >= 0.3 is 0 Å². The number of phenolic OH excluding ortho intramolecular Hbond substituents is 1. The molecule has 3 aromatic rings. The molecule has 23 heavy (non-hydrogen) atoms. The highest BCUT2D eigenvalue weighted by Gasteiger charge is 2.00. The summed E-state index contributed by atoms with van der Waals surface area (Å²) in [6.45, 7) is 0. The van der Waals surface area contributed by atoms with Gasteiger partial charge in [-0.25, -0.2) is 4.99 Å². The lowest BCUT2D eigenvalue weighted by atomic mass is 10.1. The summed E-state index contributed by atoms with van der Waals surface area (Å²) in [7, 11) is 0. The molecule has 2 nitrogen and oxygen atoms in total. The minimum Gasteiger partial charge on any atom is -0.508 e. The summed E-state index contributed by atoms with van der Waals surface area (Å²) >= 11 is 0. The van der Waals surface area contributed by atoms with Crippen molar-refractivity contribution < 1.29 is 5.11 Å². The molecule has 3 aromatic carbocycles. The number of hydrogen-bond donors (Lipinski definition) is 1. The van der Waals surface area contributed by atoms with Gasteiger partial charge in [-0.3, -0.25) is 0 Å². The van der Waals surface area contributed by atoms with Crippen LogP contribution in [0, 0.1) is 11.8 Å². The third-order valence-electron chi connectivity index (χ3n) is 3.24. The van der Waals surface area contributed by atoms with Crippen LogP contribution in [-0.4, -0.2) is 10.8 Å². The molecule has 0 amide bonds. The fourth-order valence-electron chi connectivity index (χ4n) is 2.07. The van der Waals surface area contributed by atoms with E-state index in [2.05, 4.69) is 16.8 Å². The van der Waals surface area contributed by atoms with Crippen molar-refractivity contribution in [2.45, 2.75) is 0 Å². The van der Waals surface area contributed by atoms with Crippen molar-refractivity contribution in [2.75, 3.05) is 0 Å². The van der Waals surface area contributed by atoms with Gasteiger partial charge in [0.15, 0.2) is 0 Å². The maximum absolute atomic E-state index is 9.38. The monoisotopic (exact) mass is 297 g/mol. The molecule has 0 bridgehead atoms. The Morgan fingerprint density at radius 2 is 1.35 bits per heavy atom. The lowest BCUT2D eigenvalue weighted by Crippen LogP contribution is -1.96. The molecule has 2 heteroatoms. The molecule has 0 heterocycles. The van der Waals surface area contributed by atoms with Crippen LogP contribution in [0.25, 0.3) is 0 Å². The normalized spacial score (nSPS) is 10.7. The van der Waals surface area contributed by atoms with E-state index < -0.39 is 0 Å². The lowest BCUT2D eigenvalue weighted by Gasteiger charge is -2.00.